The molecular formula is C18H21ClN2O. The lowest BCUT2D eigenvalue weighted by molar-refractivity contribution is 0.401. The van der Waals surface area contributed by atoms with E-state index in [0.717, 1.165) is 35.8 Å². The van der Waals surface area contributed by atoms with E-state index < -0.39 is 0 Å². The van der Waals surface area contributed by atoms with Crippen molar-refractivity contribution >= 4 is 11.6 Å². The van der Waals surface area contributed by atoms with Crippen molar-refractivity contribution in [2.45, 2.75) is 25.0 Å². The van der Waals surface area contributed by atoms with Crippen molar-refractivity contribution < 1.29 is 4.74 Å². The molecule has 2 aromatic carbocycles. The van der Waals surface area contributed by atoms with Crippen LogP contribution in [0.5, 0.6) is 5.75 Å². The first-order chi connectivity index (χ1) is 10.8. The summed E-state index contributed by atoms with van der Waals surface area (Å²) < 4.78 is 5.41. The van der Waals surface area contributed by atoms with E-state index >= 15 is 0 Å². The van der Waals surface area contributed by atoms with Crippen LogP contribution in [0.1, 0.15) is 23.6 Å². The lowest BCUT2D eigenvalue weighted by atomic mass is 10.0. The summed E-state index contributed by atoms with van der Waals surface area (Å²) in [6.45, 7) is 1.78. The number of halogens is 1. The summed E-state index contributed by atoms with van der Waals surface area (Å²) in [6, 6.07) is 17.1. The van der Waals surface area contributed by atoms with Gasteiger partial charge in [-0.3, -0.25) is 0 Å². The number of rotatable bonds is 5. The van der Waals surface area contributed by atoms with Crippen molar-refractivity contribution in [1.29, 1.82) is 0 Å². The molecule has 2 N–H and O–H groups in total. The molecule has 0 saturated carbocycles. The van der Waals surface area contributed by atoms with Gasteiger partial charge in [0.15, 0.2) is 0 Å². The molecule has 22 heavy (non-hydrogen) atoms. The van der Waals surface area contributed by atoms with Crippen molar-refractivity contribution in [3.8, 4) is 5.75 Å². The van der Waals surface area contributed by atoms with Crippen LogP contribution in [0.2, 0.25) is 5.02 Å². The van der Waals surface area contributed by atoms with Crippen LogP contribution in [0.3, 0.4) is 0 Å². The van der Waals surface area contributed by atoms with Gasteiger partial charge < -0.3 is 15.4 Å². The summed E-state index contributed by atoms with van der Waals surface area (Å²) in [7, 11) is 1.69. The van der Waals surface area contributed by atoms with Crippen molar-refractivity contribution in [3.05, 3.63) is 64.7 Å². The number of methoxy groups -OCH3 is 1. The Hall–Kier alpha value is -1.55. The molecule has 3 nitrogen and oxygen atoms in total. The molecule has 0 spiro atoms. The van der Waals surface area contributed by atoms with Gasteiger partial charge >= 0.3 is 0 Å². The Labute approximate surface area is 136 Å². The molecule has 1 aliphatic rings. The molecule has 1 fully saturated rings. The zero-order chi connectivity index (χ0) is 15.4. The number of hydrogen-bond donors (Lipinski definition) is 2. The molecule has 4 heteroatoms. The highest BCUT2D eigenvalue weighted by Gasteiger charge is 2.27. The van der Waals surface area contributed by atoms with Crippen molar-refractivity contribution in [3.63, 3.8) is 0 Å². The zero-order valence-electron chi connectivity index (χ0n) is 12.7. The SMILES string of the molecule is COc1ccc(Cl)cc1CNC1CCNC1c1ccccc1. The highest BCUT2D eigenvalue weighted by molar-refractivity contribution is 6.30. The predicted molar refractivity (Wildman–Crippen MR) is 90.4 cm³/mol. The molecule has 116 valence electrons. The lowest BCUT2D eigenvalue weighted by Crippen LogP contribution is -2.34. The maximum atomic E-state index is 6.10. The van der Waals surface area contributed by atoms with E-state index in [-0.39, 0.29) is 0 Å². The van der Waals surface area contributed by atoms with Crippen molar-refractivity contribution in [2.75, 3.05) is 13.7 Å². The summed E-state index contributed by atoms with van der Waals surface area (Å²) in [5, 5.41) is 7.96. The zero-order valence-corrected chi connectivity index (χ0v) is 13.4. The Morgan fingerprint density at radius 1 is 1.23 bits per heavy atom. The highest BCUT2D eigenvalue weighted by Crippen LogP contribution is 2.26. The van der Waals surface area contributed by atoms with Crippen LogP contribution in [0, 0.1) is 0 Å². The van der Waals surface area contributed by atoms with Crippen molar-refractivity contribution in [1.82, 2.24) is 10.6 Å². The van der Waals surface area contributed by atoms with Crippen LogP contribution >= 0.6 is 11.6 Å². The normalized spacial score (nSPS) is 21.0. The second-order valence-electron chi connectivity index (χ2n) is 5.57. The number of nitrogens with one attached hydrogen (secondary N) is 2. The Morgan fingerprint density at radius 2 is 2.05 bits per heavy atom. The Bertz CT molecular complexity index is 618. The average molecular weight is 317 g/mol. The minimum atomic E-state index is 0.353. The third-order valence-electron chi connectivity index (χ3n) is 4.18. The van der Waals surface area contributed by atoms with Gasteiger partial charge in [-0.25, -0.2) is 0 Å². The van der Waals surface area contributed by atoms with E-state index in [4.69, 9.17) is 16.3 Å². The summed E-state index contributed by atoms with van der Waals surface area (Å²) in [6.07, 6.45) is 1.11. The fraction of sp³-hybridized carbons (Fsp3) is 0.333. The summed E-state index contributed by atoms with van der Waals surface area (Å²) in [5.41, 5.74) is 2.42. The predicted octanol–water partition coefficient (Wildman–Crippen LogP) is 3.54. The molecule has 0 radical (unpaired) electrons. The van der Waals surface area contributed by atoms with E-state index in [0.29, 0.717) is 12.1 Å². The third kappa shape index (κ3) is 3.43. The van der Waals surface area contributed by atoms with Gasteiger partial charge in [-0.15, -0.1) is 0 Å². The number of hydrogen-bond acceptors (Lipinski definition) is 3. The quantitative estimate of drug-likeness (QED) is 0.885. The van der Waals surface area contributed by atoms with Crippen LogP contribution in [0.4, 0.5) is 0 Å². The first kappa shape index (κ1) is 15.3. The Balaban J connectivity index is 1.69. The van der Waals surface area contributed by atoms with Gasteiger partial charge in [-0.2, -0.15) is 0 Å². The molecule has 3 rings (SSSR count). The molecule has 1 saturated heterocycles. The standard InChI is InChI=1S/C18H21ClN2O/c1-22-17-8-7-15(19)11-14(17)12-21-16-9-10-20-18(16)13-5-3-2-4-6-13/h2-8,11,16,18,20-21H,9-10,12H2,1H3. The molecule has 0 aromatic heterocycles. The number of ether oxygens (including phenoxy) is 1. The maximum Gasteiger partial charge on any atom is 0.123 e. The second kappa shape index (κ2) is 7.14. The van der Waals surface area contributed by atoms with Gasteiger partial charge in [0.1, 0.15) is 5.75 Å². The van der Waals surface area contributed by atoms with E-state index in [2.05, 4.69) is 41.0 Å². The first-order valence-electron chi connectivity index (χ1n) is 7.62. The highest BCUT2D eigenvalue weighted by atomic mass is 35.5. The largest absolute Gasteiger partial charge is 0.496 e. The first-order valence-corrected chi connectivity index (χ1v) is 8.00. The maximum absolute atomic E-state index is 6.10. The van der Waals surface area contributed by atoms with E-state index in [1.54, 1.807) is 7.11 Å². The third-order valence-corrected chi connectivity index (χ3v) is 4.41. The molecule has 1 heterocycles. The van der Waals surface area contributed by atoms with Crippen LogP contribution in [0.15, 0.2) is 48.5 Å². The fourth-order valence-electron chi connectivity index (χ4n) is 3.06. The molecule has 2 unspecified atom stereocenters. The van der Waals surface area contributed by atoms with E-state index in [1.807, 2.05) is 18.2 Å². The smallest absolute Gasteiger partial charge is 0.123 e. The van der Waals surface area contributed by atoms with Crippen LogP contribution in [-0.4, -0.2) is 19.7 Å². The van der Waals surface area contributed by atoms with Gasteiger partial charge in [0, 0.05) is 29.2 Å². The summed E-state index contributed by atoms with van der Waals surface area (Å²) >= 11 is 6.10. The van der Waals surface area contributed by atoms with Crippen LogP contribution in [-0.2, 0) is 6.54 Å². The van der Waals surface area contributed by atoms with Gasteiger partial charge in [0.2, 0.25) is 0 Å². The van der Waals surface area contributed by atoms with Crippen LogP contribution in [0.25, 0.3) is 0 Å². The van der Waals surface area contributed by atoms with Crippen molar-refractivity contribution in [2.24, 2.45) is 0 Å². The van der Waals surface area contributed by atoms with Gasteiger partial charge in [0.05, 0.1) is 7.11 Å². The molecule has 0 aliphatic carbocycles. The summed E-state index contributed by atoms with van der Waals surface area (Å²) in [5.74, 6) is 0.874. The van der Waals surface area contributed by atoms with E-state index in [1.165, 1.54) is 5.56 Å². The number of benzene rings is 2. The van der Waals surface area contributed by atoms with Gasteiger partial charge in [-0.05, 0) is 36.7 Å². The minimum Gasteiger partial charge on any atom is -0.496 e. The molecular weight excluding hydrogens is 296 g/mol. The fourth-order valence-corrected chi connectivity index (χ4v) is 3.25. The lowest BCUT2D eigenvalue weighted by Gasteiger charge is -2.22. The topological polar surface area (TPSA) is 33.3 Å². The monoisotopic (exact) mass is 316 g/mol. The minimum absolute atomic E-state index is 0.353. The Morgan fingerprint density at radius 3 is 2.82 bits per heavy atom. The van der Waals surface area contributed by atoms with Gasteiger partial charge in [-0.1, -0.05) is 41.9 Å². The molecule has 2 aromatic rings. The summed E-state index contributed by atoms with van der Waals surface area (Å²) in [4.78, 5) is 0. The van der Waals surface area contributed by atoms with Crippen LogP contribution < -0.4 is 15.4 Å². The van der Waals surface area contributed by atoms with E-state index in [9.17, 15) is 0 Å². The Kier molecular flexibility index (Phi) is 4.98. The molecule has 0 amide bonds. The average Bonchev–Trinajstić information content (AvgIpc) is 3.02. The molecule has 2 atom stereocenters. The molecule has 0 bridgehead atoms. The van der Waals surface area contributed by atoms with Gasteiger partial charge in [0.25, 0.3) is 0 Å². The second-order valence-corrected chi connectivity index (χ2v) is 6.01. The molecule has 1 aliphatic heterocycles.